The van der Waals surface area contributed by atoms with E-state index in [2.05, 4.69) is 36.5 Å². The van der Waals surface area contributed by atoms with Gasteiger partial charge in [-0.05, 0) is 24.0 Å². The highest BCUT2D eigenvalue weighted by Gasteiger charge is 2.03. The summed E-state index contributed by atoms with van der Waals surface area (Å²) in [6.07, 6.45) is 15.6. The van der Waals surface area contributed by atoms with Crippen LogP contribution in [0.1, 0.15) is 12.8 Å². The van der Waals surface area contributed by atoms with E-state index in [1.165, 1.54) is 24.0 Å². The van der Waals surface area contributed by atoms with Gasteiger partial charge in [-0.15, -0.1) is 0 Å². The highest BCUT2D eigenvalue weighted by Crippen LogP contribution is 2.22. The highest BCUT2D eigenvalue weighted by molar-refractivity contribution is 5.54. The first-order valence-electron chi connectivity index (χ1n) is 3.72. The van der Waals surface area contributed by atoms with Gasteiger partial charge in [-0.1, -0.05) is 36.5 Å². The van der Waals surface area contributed by atoms with Crippen molar-refractivity contribution >= 4 is 0 Å². The third-order valence-electron chi connectivity index (χ3n) is 1.88. The van der Waals surface area contributed by atoms with Crippen molar-refractivity contribution in [2.75, 3.05) is 0 Å². The van der Waals surface area contributed by atoms with Gasteiger partial charge in [-0.2, -0.15) is 0 Å². The van der Waals surface area contributed by atoms with Gasteiger partial charge >= 0.3 is 0 Å². The molecule has 0 unspecified atom stereocenters. The second-order valence-corrected chi connectivity index (χ2v) is 2.62. The van der Waals surface area contributed by atoms with Crippen LogP contribution in [0.15, 0.2) is 47.6 Å². The van der Waals surface area contributed by atoms with E-state index >= 15 is 0 Å². The predicted octanol–water partition coefficient (Wildman–Crippen LogP) is 2.76. The molecule has 2 aliphatic carbocycles. The lowest BCUT2D eigenvalue weighted by molar-refractivity contribution is 1.06. The molecular weight excluding hydrogens is 120 g/mol. The normalized spacial score (nSPS) is 21.6. The lowest BCUT2D eigenvalue weighted by Crippen LogP contribution is -1.73. The zero-order valence-electron chi connectivity index (χ0n) is 5.88. The Bertz CT molecular complexity index is 249. The molecule has 0 amide bonds. The molecule has 0 saturated carbocycles. The summed E-state index contributed by atoms with van der Waals surface area (Å²) >= 11 is 0. The van der Waals surface area contributed by atoms with Crippen LogP contribution in [0.25, 0.3) is 0 Å². The van der Waals surface area contributed by atoms with Gasteiger partial charge in [-0.25, -0.2) is 0 Å². The number of rotatable bonds is 0. The van der Waals surface area contributed by atoms with Crippen LogP contribution in [0.4, 0.5) is 0 Å². The van der Waals surface area contributed by atoms with E-state index < -0.39 is 0 Å². The maximum atomic E-state index is 2.30. The molecule has 0 atom stereocenters. The molecule has 0 heterocycles. The van der Waals surface area contributed by atoms with Gasteiger partial charge in [-0.3, -0.25) is 0 Å². The Morgan fingerprint density at radius 2 is 2.00 bits per heavy atom. The summed E-state index contributed by atoms with van der Waals surface area (Å²) in [5.74, 6) is 0. The minimum atomic E-state index is 1.19. The average molecular weight is 130 g/mol. The van der Waals surface area contributed by atoms with Gasteiger partial charge in [0.05, 0.1) is 0 Å². The van der Waals surface area contributed by atoms with Crippen molar-refractivity contribution in [3.05, 3.63) is 47.6 Å². The summed E-state index contributed by atoms with van der Waals surface area (Å²) < 4.78 is 0. The third kappa shape index (κ3) is 0.860. The van der Waals surface area contributed by atoms with Gasteiger partial charge < -0.3 is 0 Å². The smallest absolute Gasteiger partial charge is 0.0190 e. The van der Waals surface area contributed by atoms with Crippen molar-refractivity contribution in [2.45, 2.75) is 12.8 Å². The zero-order valence-corrected chi connectivity index (χ0v) is 5.88. The molecule has 2 rings (SSSR count). The molecule has 0 spiro atoms. The van der Waals surface area contributed by atoms with Crippen LogP contribution >= 0.6 is 0 Å². The molecule has 0 heteroatoms. The van der Waals surface area contributed by atoms with E-state index in [4.69, 9.17) is 0 Å². The Labute approximate surface area is 61.3 Å². The maximum Gasteiger partial charge on any atom is -0.0190 e. The SMILES string of the molecule is C1=CC2=CCCC=CC2=C1. The highest BCUT2D eigenvalue weighted by atomic mass is 14.1. The molecule has 10 heavy (non-hydrogen) atoms. The third-order valence-corrected chi connectivity index (χ3v) is 1.88. The Kier molecular flexibility index (Phi) is 1.31. The summed E-state index contributed by atoms with van der Waals surface area (Å²) in [4.78, 5) is 0. The zero-order chi connectivity index (χ0) is 6.81. The monoisotopic (exact) mass is 130 g/mol. The van der Waals surface area contributed by atoms with Gasteiger partial charge in [0, 0.05) is 0 Å². The molecule has 2 aliphatic rings. The second-order valence-electron chi connectivity index (χ2n) is 2.62. The van der Waals surface area contributed by atoms with E-state index in [1.54, 1.807) is 0 Å². The molecule has 0 fully saturated rings. The fourth-order valence-electron chi connectivity index (χ4n) is 1.33. The Balaban J connectivity index is 2.40. The molecule has 0 aromatic heterocycles. The average Bonchev–Trinajstić information content (AvgIpc) is 2.28. The first-order chi connectivity index (χ1) is 4.97. The molecule has 50 valence electrons. The van der Waals surface area contributed by atoms with Crippen LogP contribution in [0, 0.1) is 0 Å². The summed E-state index contributed by atoms with van der Waals surface area (Å²) in [7, 11) is 0. The van der Waals surface area contributed by atoms with Crippen LogP contribution in [0.5, 0.6) is 0 Å². The molecule has 0 aromatic rings. The van der Waals surface area contributed by atoms with Crippen LogP contribution in [0.3, 0.4) is 0 Å². The van der Waals surface area contributed by atoms with Gasteiger partial charge in [0.25, 0.3) is 0 Å². The maximum absolute atomic E-state index is 2.30. The van der Waals surface area contributed by atoms with Crippen LogP contribution in [0.2, 0.25) is 0 Å². The fourth-order valence-corrected chi connectivity index (χ4v) is 1.33. The lowest BCUT2D eigenvalue weighted by Gasteiger charge is -1.93. The first kappa shape index (κ1) is 5.72. The van der Waals surface area contributed by atoms with Gasteiger partial charge in [0.2, 0.25) is 0 Å². The van der Waals surface area contributed by atoms with E-state index in [1.807, 2.05) is 0 Å². The van der Waals surface area contributed by atoms with E-state index in [-0.39, 0.29) is 0 Å². The Morgan fingerprint density at radius 3 is 3.00 bits per heavy atom. The molecule has 0 saturated heterocycles. The van der Waals surface area contributed by atoms with Gasteiger partial charge in [0.1, 0.15) is 0 Å². The number of allylic oxidation sites excluding steroid dienone is 8. The minimum absolute atomic E-state index is 1.19. The second kappa shape index (κ2) is 2.30. The molecule has 0 radical (unpaired) electrons. The summed E-state index contributed by atoms with van der Waals surface area (Å²) in [5.41, 5.74) is 2.77. The fraction of sp³-hybridized carbons (Fsp3) is 0.200. The van der Waals surface area contributed by atoms with Gasteiger partial charge in [0.15, 0.2) is 0 Å². The Hall–Kier alpha value is -1.04. The van der Waals surface area contributed by atoms with E-state index in [0.29, 0.717) is 0 Å². The molecule has 0 N–H and O–H groups in total. The molecule has 0 aliphatic heterocycles. The standard InChI is InChI=1S/C10H10/c1-2-5-9-7-4-8-10(9)6-3-1/h2,4-8H,1,3H2. The summed E-state index contributed by atoms with van der Waals surface area (Å²) in [5, 5.41) is 0. The van der Waals surface area contributed by atoms with Crippen molar-refractivity contribution < 1.29 is 0 Å². The summed E-state index contributed by atoms with van der Waals surface area (Å²) in [6, 6.07) is 0. The molecular formula is C10H10. The number of hydrogen-bond acceptors (Lipinski definition) is 0. The van der Waals surface area contributed by atoms with Crippen LogP contribution in [-0.2, 0) is 0 Å². The molecule has 0 nitrogen and oxygen atoms in total. The number of fused-ring (bicyclic) bond motifs is 1. The van der Waals surface area contributed by atoms with Crippen LogP contribution in [-0.4, -0.2) is 0 Å². The molecule has 0 aromatic carbocycles. The largest absolute Gasteiger partial charge is 0.0836 e. The van der Waals surface area contributed by atoms with Crippen molar-refractivity contribution in [1.82, 2.24) is 0 Å². The first-order valence-corrected chi connectivity index (χ1v) is 3.72. The van der Waals surface area contributed by atoms with Crippen molar-refractivity contribution in [1.29, 1.82) is 0 Å². The number of hydrogen-bond donors (Lipinski definition) is 0. The summed E-state index contributed by atoms with van der Waals surface area (Å²) in [6.45, 7) is 0. The quantitative estimate of drug-likeness (QED) is 0.473. The van der Waals surface area contributed by atoms with Crippen molar-refractivity contribution in [3.8, 4) is 0 Å². The van der Waals surface area contributed by atoms with E-state index in [9.17, 15) is 0 Å². The lowest BCUT2D eigenvalue weighted by atomic mass is 10.1. The van der Waals surface area contributed by atoms with Crippen molar-refractivity contribution in [2.24, 2.45) is 0 Å². The van der Waals surface area contributed by atoms with Crippen molar-refractivity contribution in [3.63, 3.8) is 0 Å². The van der Waals surface area contributed by atoms with Crippen LogP contribution < -0.4 is 0 Å². The molecule has 0 bridgehead atoms. The van der Waals surface area contributed by atoms with E-state index in [0.717, 1.165) is 0 Å². The minimum Gasteiger partial charge on any atom is -0.0836 e. The Morgan fingerprint density at radius 1 is 1.00 bits per heavy atom. The predicted molar refractivity (Wildman–Crippen MR) is 43.7 cm³/mol. The topological polar surface area (TPSA) is 0 Å².